The van der Waals surface area contributed by atoms with Gasteiger partial charge in [-0.1, -0.05) is 322 Å². The number of hydrogen-bond donors (Lipinski definition) is 0. The molecule has 0 saturated heterocycles. The van der Waals surface area contributed by atoms with Crippen molar-refractivity contribution in [3.05, 3.63) is 370 Å². The lowest BCUT2D eigenvalue weighted by molar-refractivity contribution is 0.669. The summed E-state index contributed by atoms with van der Waals surface area (Å²) in [6.07, 6.45) is 0. The van der Waals surface area contributed by atoms with Gasteiger partial charge in [-0.3, -0.25) is 0 Å². The molecule has 20 rings (SSSR count). The minimum atomic E-state index is -0.352. The number of anilines is 6. The van der Waals surface area contributed by atoms with E-state index in [1.54, 1.807) is 0 Å². The highest BCUT2D eigenvalue weighted by atomic mass is 16.3. The first kappa shape index (κ1) is 58.0. The average Bonchev–Trinajstić information content (AvgIpc) is 1.64. The first-order valence-corrected chi connectivity index (χ1v) is 34.7. The predicted octanol–water partition coefficient (Wildman–Crippen LogP) is 24.6. The molecule has 0 bridgehead atoms. The van der Waals surface area contributed by atoms with Crippen LogP contribution in [0.5, 0.6) is 0 Å². The molecule has 0 spiro atoms. The largest absolute Gasteiger partial charge is 0.454 e. The van der Waals surface area contributed by atoms with Crippen LogP contribution in [0.4, 0.5) is 34.1 Å². The van der Waals surface area contributed by atoms with Crippen LogP contribution in [-0.4, -0.2) is 6.71 Å². The molecule has 18 aromatic rings. The lowest BCUT2D eigenvalue weighted by Gasteiger charge is -2.45. The summed E-state index contributed by atoms with van der Waals surface area (Å²) in [5.74, 6) is 0. The molecule has 0 N–H and O–H groups in total. The lowest BCUT2D eigenvalue weighted by atomic mass is 9.33. The molecule has 470 valence electrons. The molecular formula is C96H61BN2O2. The summed E-state index contributed by atoms with van der Waals surface area (Å²) < 4.78 is 15.1. The van der Waals surface area contributed by atoms with Crippen LogP contribution >= 0.6 is 0 Å². The lowest BCUT2D eigenvalue weighted by Crippen LogP contribution is -2.61. The molecule has 4 heterocycles. The van der Waals surface area contributed by atoms with Crippen LogP contribution < -0.4 is 26.2 Å². The topological polar surface area (TPSA) is 32.8 Å². The number of para-hydroxylation sites is 4. The highest BCUT2D eigenvalue weighted by molar-refractivity contribution is 7.01. The fourth-order valence-electron chi connectivity index (χ4n) is 16.3. The molecule has 0 aliphatic carbocycles. The molecule has 0 radical (unpaired) electrons. The zero-order chi connectivity index (χ0) is 66.5. The van der Waals surface area contributed by atoms with Gasteiger partial charge in [0.25, 0.3) is 6.71 Å². The smallest absolute Gasteiger partial charge is 0.252 e. The van der Waals surface area contributed by atoms with E-state index in [1.165, 1.54) is 0 Å². The van der Waals surface area contributed by atoms with Gasteiger partial charge in [0, 0.05) is 55.2 Å². The van der Waals surface area contributed by atoms with Crippen LogP contribution in [0.1, 0.15) is 0 Å². The average molecular weight is 1290 g/mol. The monoisotopic (exact) mass is 1280 g/mol. The Morgan fingerprint density at radius 2 is 0.475 bits per heavy atom. The molecule has 0 atom stereocenters. The third-order valence-corrected chi connectivity index (χ3v) is 20.8. The minimum absolute atomic E-state index is 0.352. The van der Waals surface area contributed by atoms with Crippen molar-refractivity contribution in [1.82, 2.24) is 0 Å². The molecule has 0 saturated carbocycles. The van der Waals surface area contributed by atoms with E-state index in [0.29, 0.717) is 0 Å². The number of hydrogen-bond acceptors (Lipinski definition) is 4. The quantitative estimate of drug-likeness (QED) is 0.121. The molecule has 16 aromatic carbocycles. The Morgan fingerprint density at radius 1 is 0.198 bits per heavy atom. The van der Waals surface area contributed by atoms with Gasteiger partial charge >= 0.3 is 0 Å². The van der Waals surface area contributed by atoms with E-state index >= 15 is 0 Å². The van der Waals surface area contributed by atoms with Crippen LogP contribution in [0.15, 0.2) is 379 Å². The van der Waals surface area contributed by atoms with E-state index < -0.39 is 0 Å². The van der Waals surface area contributed by atoms with Crippen LogP contribution in [-0.2, 0) is 0 Å². The highest BCUT2D eigenvalue weighted by Crippen LogP contribution is 2.57. The van der Waals surface area contributed by atoms with Gasteiger partial charge in [0.1, 0.15) is 11.2 Å². The van der Waals surface area contributed by atoms with Crippen molar-refractivity contribution >= 4 is 101 Å². The summed E-state index contributed by atoms with van der Waals surface area (Å²) in [6, 6.07) is 136. The molecular weight excluding hydrogens is 1220 g/mol. The molecule has 0 fully saturated rings. The van der Waals surface area contributed by atoms with Gasteiger partial charge in [-0.25, -0.2) is 0 Å². The Labute approximate surface area is 586 Å². The van der Waals surface area contributed by atoms with Gasteiger partial charge in [-0.2, -0.15) is 0 Å². The Hall–Kier alpha value is -13.2. The minimum Gasteiger partial charge on any atom is -0.454 e. The maximum Gasteiger partial charge on any atom is 0.252 e. The molecule has 2 aromatic heterocycles. The maximum atomic E-state index is 7.55. The predicted molar refractivity (Wildman–Crippen MR) is 424 cm³/mol. The molecule has 0 unspecified atom stereocenters. The number of furan rings is 2. The SMILES string of the molecule is c1ccc(-c2cccc(-c3cccc(-c4cccc(-c5ccccc5)c4)c3N3c4cc(-c5ccccc5)cc5c4B(c4ccc6c(oc7ccccc76)c43)c3ccc4c(oc6ccccc64)c3N5c3c(-c4cccc(-c5ccccc5)c4)cccc3-c3cccc(-c4ccccc4)c3)c2)cc1. The second-order valence-corrected chi connectivity index (χ2v) is 26.5. The van der Waals surface area contributed by atoms with E-state index in [0.717, 1.165) is 195 Å². The summed E-state index contributed by atoms with van der Waals surface area (Å²) >= 11 is 0. The van der Waals surface area contributed by atoms with Gasteiger partial charge in [0.15, 0.2) is 11.2 Å². The highest BCUT2D eigenvalue weighted by Gasteiger charge is 2.48. The Kier molecular flexibility index (Phi) is 13.7. The Morgan fingerprint density at radius 3 is 0.812 bits per heavy atom. The Balaban J connectivity index is 0.962. The second kappa shape index (κ2) is 23.8. The summed E-state index contributed by atoms with van der Waals surface area (Å²) in [4.78, 5) is 5.25. The summed E-state index contributed by atoms with van der Waals surface area (Å²) in [5, 5.41) is 4.21. The van der Waals surface area contributed by atoms with Crippen LogP contribution in [0, 0.1) is 0 Å². The summed E-state index contributed by atoms with van der Waals surface area (Å²) in [6.45, 7) is -0.352. The molecule has 0 amide bonds. The first-order valence-electron chi connectivity index (χ1n) is 34.7. The van der Waals surface area contributed by atoms with Crippen molar-refractivity contribution < 1.29 is 8.83 Å². The van der Waals surface area contributed by atoms with Gasteiger partial charge in [-0.05, 0) is 143 Å². The van der Waals surface area contributed by atoms with E-state index in [4.69, 9.17) is 8.83 Å². The molecule has 101 heavy (non-hydrogen) atoms. The normalized spacial score (nSPS) is 12.3. The van der Waals surface area contributed by atoms with Crippen LogP contribution in [0.25, 0.3) is 144 Å². The van der Waals surface area contributed by atoms with Gasteiger partial charge in [0.2, 0.25) is 0 Å². The third kappa shape index (κ3) is 9.61. The number of nitrogens with zero attached hydrogens (tertiary/aromatic N) is 2. The zero-order valence-electron chi connectivity index (χ0n) is 55.0. The Bertz CT molecular complexity index is 5720. The van der Waals surface area contributed by atoms with Gasteiger partial charge in [-0.15, -0.1) is 0 Å². The third-order valence-electron chi connectivity index (χ3n) is 20.8. The van der Waals surface area contributed by atoms with Crippen molar-refractivity contribution in [3.8, 4) is 100 Å². The molecule has 5 heteroatoms. The number of rotatable bonds is 11. The van der Waals surface area contributed by atoms with Crippen LogP contribution in [0.3, 0.4) is 0 Å². The number of benzene rings is 16. The van der Waals surface area contributed by atoms with E-state index in [2.05, 4.69) is 380 Å². The van der Waals surface area contributed by atoms with Crippen molar-refractivity contribution in [1.29, 1.82) is 0 Å². The maximum absolute atomic E-state index is 7.55. The number of fused-ring (bicyclic) bond motifs is 12. The van der Waals surface area contributed by atoms with Crippen molar-refractivity contribution in [2.75, 3.05) is 9.80 Å². The van der Waals surface area contributed by atoms with Gasteiger partial charge < -0.3 is 18.6 Å². The summed E-state index contributed by atoms with van der Waals surface area (Å²) in [5.41, 5.74) is 32.7. The van der Waals surface area contributed by atoms with Gasteiger partial charge in [0.05, 0.1) is 22.7 Å². The van der Waals surface area contributed by atoms with Crippen molar-refractivity contribution in [2.24, 2.45) is 0 Å². The fourth-order valence-corrected chi connectivity index (χ4v) is 16.3. The van der Waals surface area contributed by atoms with E-state index in [1.807, 2.05) is 0 Å². The van der Waals surface area contributed by atoms with Crippen LogP contribution in [0.2, 0.25) is 0 Å². The zero-order valence-corrected chi connectivity index (χ0v) is 55.0. The molecule has 2 aliphatic rings. The van der Waals surface area contributed by atoms with Crippen molar-refractivity contribution in [2.45, 2.75) is 0 Å². The van der Waals surface area contributed by atoms with E-state index in [9.17, 15) is 0 Å². The van der Waals surface area contributed by atoms with Crippen molar-refractivity contribution in [3.63, 3.8) is 0 Å². The molecule has 2 aliphatic heterocycles. The molecule has 4 nitrogen and oxygen atoms in total. The second-order valence-electron chi connectivity index (χ2n) is 26.5. The fraction of sp³-hybridized carbons (Fsp3) is 0. The standard InChI is InChI=1S/C96H61BN2O2/c1-6-26-62(27-7-1)67-36-20-40-71(56-67)76-46-24-47-77(72-41-21-37-68(57-72)63-28-8-2-9-29-63)91(76)98-86-60-75(66-34-14-5-15-35-66)61-87-90(86)97(84-54-52-82-80-44-16-18-50-88(80)100-95(82)93(84)98)85-55-53-83-81-45-17-19-51-89(81)101-96(83)94(85)99(87)92-78(73-42-22-38-69(58-73)64-30-10-3-11-31-64)48-25-49-79(92)74-43-23-39-70(59-74)65-32-12-4-13-33-65/h1-61H. The van der Waals surface area contributed by atoms with E-state index in [-0.39, 0.29) is 6.71 Å². The summed E-state index contributed by atoms with van der Waals surface area (Å²) in [7, 11) is 0. The first-order chi connectivity index (χ1) is 50.1.